The van der Waals surface area contributed by atoms with Gasteiger partial charge < -0.3 is 10.2 Å². The van der Waals surface area contributed by atoms with E-state index in [1.807, 2.05) is 0 Å². The number of unbranched alkanes of at least 4 members (excludes halogenated alkanes) is 1. The van der Waals surface area contributed by atoms with Crippen LogP contribution >= 0.6 is 12.2 Å². The average Bonchev–Trinajstić information content (AvgIpc) is 2.70. The first-order valence-corrected chi connectivity index (χ1v) is 6.63. The highest BCUT2D eigenvalue weighted by Crippen LogP contribution is 2.25. The summed E-state index contributed by atoms with van der Waals surface area (Å²) in [7, 11) is 2.11. The number of hydrogen-bond donors (Lipinski definition) is 1. The van der Waals surface area contributed by atoms with Gasteiger partial charge in [0.2, 0.25) is 0 Å². The molecule has 0 spiro atoms. The highest BCUT2D eigenvalue weighted by atomic mass is 32.1. The number of nitrogens with one attached hydrogen (secondary N) is 1. The molecular formula is C12H24N2S. The fraction of sp³-hybridized carbons (Fsp3) is 0.917. The Morgan fingerprint density at radius 2 is 2.07 bits per heavy atom. The zero-order valence-corrected chi connectivity index (χ0v) is 10.9. The molecule has 0 bridgehead atoms. The van der Waals surface area contributed by atoms with Gasteiger partial charge in [0.25, 0.3) is 0 Å². The molecule has 2 nitrogen and oxygen atoms in total. The van der Waals surface area contributed by atoms with Crippen LogP contribution in [0.15, 0.2) is 0 Å². The summed E-state index contributed by atoms with van der Waals surface area (Å²) >= 11 is 5.34. The van der Waals surface area contributed by atoms with Crippen LogP contribution in [0.25, 0.3) is 0 Å². The molecule has 0 saturated heterocycles. The van der Waals surface area contributed by atoms with E-state index in [-0.39, 0.29) is 0 Å². The Kier molecular flexibility index (Phi) is 5.99. The molecule has 0 aliphatic heterocycles. The van der Waals surface area contributed by atoms with Gasteiger partial charge in [0.15, 0.2) is 5.11 Å². The molecule has 0 heterocycles. The topological polar surface area (TPSA) is 15.3 Å². The van der Waals surface area contributed by atoms with Crippen LogP contribution in [0.3, 0.4) is 0 Å². The van der Waals surface area contributed by atoms with Crippen LogP contribution in [0.4, 0.5) is 0 Å². The number of hydrogen-bond acceptors (Lipinski definition) is 1. The lowest BCUT2D eigenvalue weighted by atomic mass is 10.1. The van der Waals surface area contributed by atoms with E-state index >= 15 is 0 Å². The Hall–Kier alpha value is -0.310. The van der Waals surface area contributed by atoms with E-state index in [2.05, 4.69) is 24.2 Å². The van der Waals surface area contributed by atoms with E-state index in [1.54, 1.807) is 0 Å². The molecule has 1 aliphatic rings. The lowest BCUT2D eigenvalue weighted by molar-refractivity contribution is 0.384. The van der Waals surface area contributed by atoms with E-state index in [0.717, 1.165) is 24.1 Å². The van der Waals surface area contributed by atoms with Crippen LogP contribution < -0.4 is 5.32 Å². The van der Waals surface area contributed by atoms with E-state index in [9.17, 15) is 0 Å². The van der Waals surface area contributed by atoms with Gasteiger partial charge in [-0.2, -0.15) is 0 Å². The Morgan fingerprint density at radius 3 is 2.67 bits per heavy atom. The predicted octanol–water partition coefficient (Wildman–Crippen LogP) is 2.78. The van der Waals surface area contributed by atoms with Crippen molar-refractivity contribution in [3.8, 4) is 0 Å². The van der Waals surface area contributed by atoms with E-state index in [4.69, 9.17) is 12.2 Å². The van der Waals surface area contributed by atoms with Gasteiger partial charge in [0, 0.05) is 20.1 Å². The second-order valence-electron chi connectivity index (χ2n) is 4.62. The van der Waals surface area contributed by atoms with Crippen molar-refractivity contribution >= 4 is 17.3 Å². The quantitative estimate of drug-likeness (QED) is 0.575. The summed E-state index contributed by atoms with van der Waals surface area (Å²) < 4.78 is 0. The first-order chi connectivity index (χ1) is 7.24. The second kappa shape index (κ2) is 7.04. The fourth-order valence-electron chi connectivity index (χ4n) is 2.17. The first kappa shape index (κ1) is 12.8. The molecular weight excluding hydrogens is 204 g/mol. The monoisotopic (exact) mass is 228 g/mol. The molecule has 0 unspecified atom stereocenters. The second-order valence-corrected chi connectivity index (χ2v) is 5.00. The summed E-state index contributed by atoms with van der Waals surface area (Å²) in [6.45, 7) is 4.36. The smallest absolute Gasteiger partial charge is 0.168 e. The molecule has 0 atom stereocenters. The normalized spacial score (nSPS) is 16.7. The number of rotatable bonds is 5. The van der Waals surface area contributed by atoms with Gasteiger partial charge in [-0.1, -0.05) is 26.2 Å². The van der Waals surface area contributed by atoms with Gasteiger partial charge in [-0.05, 0) is 37.4 Å². The van der Waals surface area contributed by atoms with E-state index in [1.165, 1.54) is 38.5 Å². The molecule has 0 aromatic heterocycles. The largest absolute Gasteiger partial charge is 0.363 e. The van der Waals surface area contributed by atoms with Crippen LogP contribution in [0.5, 0.6) is 0 Å². The maximum Gasteiger partial charge on any atom is 0.168 e. The summed E-state index contributed by atoms with van der Waals surface area (Å²) in [4.78, 5) is 2.21. The molecule has 88 valence electrons. The van der Waals surface area contributed by atoms with Gasteiger partial charge in [0.05, 0.1) is 0 Å². The minimum atomic E-state index is 0.876. The summed E-state index contributed by atoms with van der Waals surface area (Å²) in [6, 6.07) is 0. The van der Waals surface area contributed by atoms with Crippen molar-refractivity contribution in [1.82, 2.24) is 10.2 Å². The lowest BCUT2D eigenvalue weighted by Gasteiger charge is -2.24. The van der Waals surface area contributed by atoms with Gasteiger partial charge in [0.1, 0.15) is 0 Å². The van der Waals surface area contributed by atoms with Crippen LogP contribution in [0, 0.1) is 5.92 Å². The molecule has 0 amide bonds. The third kappa shape index (κ3) is 4.83. The molecule has 1 N–H and O–H groups in total. The van der Waals surface area contributed by atoms with Crippen molar-refractivity contribution in [2.45, 2.75) is 45.4 Å². The fourth-order valence-corrected chi connectivity index (χ4v) is 2.35. The van der Waals surface area contributed by atoms with E-state index in [0.29, 0.717) is 0 Å². The Bertz CT molecular complexity index is 188. The van der Waals surface area contributed by atoms with Crippen LogP contribution in [0.1, 0.15) is 45.4 Å². The van der Waals surface area contributed by atoms with Gasteiger partial charge >= 0.3 is 0 Å². The van der Waals surface area contributed by atoms with Crippen LogP contribution in [-0.4, -0.2) is 30.1 Å². The van der Waals surface area contributed by atoms with Crippen molar-refractivity contribution in [3.05, 3.63) is 0 Å². The summed E-state index contributed by atoms with van der Waals surface area (Å²) in [5.41, 5.74) is 0. The highest BCUT2D eigenvalue weighted by Gasteiger charge is 2.17. The van der Waals surface area contributed by atoms with E-state index < -0.39 is 0 Å². The standard InChI is InChI=1S/C12H24N2S/c1-3-4-9-13-12(15)14(2)10-11-7-5-6-8-11/h11H,3-10H2,1-2H3,(H,13,15). The Balaban J connectivity index is 2.14. The summed E-state index contributed by atoms with van der Waals surface area (Å²) in [5.74, 6) is 0.876. The zero-order chi connectivity index (χ0) is 11.1. The highest BCUT2D eigenvalue weighted by molar-refractivity contribution is 7.80. The molecule has 0 aromatic rings. The minimum Gasteiger partial charge on any atom is -0.363 e. The lowest BCUT2D eigenvalue weighted by Crippen LogP contribution is -2.39. The third-order valence-corrected chi connectivity index (χ3v) is 3.62. The molecule has 15 heavy (non-hydrogen) atoms. The molecule has 0 radical (unpaired) electrons. The third-order valence-electron chi connectivity index (χ3n) is 3.16. The predicted molar refractivity (Wildman–Crippen MR) is 70.1 cm³/mol. The molecule has 3 heteroatoms. The number of nitrogens with zero attached hydrogens (tertiary/aromatic N) is 1. The molecule has 1 aliphatic carbocycles. The average molecular weight is 228 g/mol. The minimum absolute atomic E-state index is 0.876. The summed E-state index contributed by atoms with van der Waals surface area (Å²) in [6.07, 6.45) is 8.03. The SMILES string of the molecule is CCCCNC(=S)N(C)CC1CCCC1. The van der Waals surface area contributed by atoms with Gasteiger partial charge in [-0.25, -0.2) is 0 Å². The van der Waals surface area contributed by atoms with Crippen LogP contribution in [-0.2, 0) is 0 Å². The summed E-state index contributed by atoms with van der Waals surface area (Å²) in [5, 5.41) is 4.24. The molecule has 1 rings (SSSR count). The number of thiocarbonyl (C=S) groups is 1. The maximum atomic E-state index is 5.34. The van der Waals surface area contributed by atoms with Crippen molar-refractivity contribution in [1.29, 1.82) is 0 Å². The molecule has 0 aromatic carbocycles. The maximum absolute atomic E-state index is 5.34. The van der Waals surface area contributed by atoms with Crippen molar-refractivity contribution in [2.75, 3.05) is 20.1 Å². The van der Waals surface area contributed by atoms with Crippen molar-refractivity contribution in [2.24, 2.45) is 5.92 Å². The molecule has 1 saturated carbocycles. The molecule has 1 fully saturated rings. The van der Waals surface area contributed by atoms with Crippen molar-refractivity contribution < 1.29 is 0 Å². The zero-order valence-electron chi connectivity index (χ0n) is 10.1. The van der Waals surface area contributed by atoms with Crippen molar-refractivity contribution in [3.63, 3.8) is 0 Å². The van der Waals surface area contributed by atoms with Crippen LogP contribution in [0.2, 0.25) is 0 Å². The van der Waals surface area contributed by atoms with Gasteiger partial charge in [-0.3, -0.25) is 0 Å². The Labute approximate surface area is 99.4 Å². The van der Waals surface area contributed by atoms with Gasteiger partial charge in [-0.15, -0.1) is 0 Å². The first-order valence-electron chi connectivity index (χ1n) is 6.23. The Morgan fingerprint density at radius 1 is 1.40 bits per heavy atom.